The summed E-state index contributed by atoms with van der Waals surface area (Å²) in [6.45, 7) is 11.3. The SMILES string of the molecule is C/C=C\C(C)(C/C(=C\C(=C/C)C(F)(F)F)C(F)(F)F)n1c2ccc(-c3nc(C)nc(C)n3)cc2c2cc(-c3nc(C)nc(C)n3)ccc21. The van der Waals surface area contributed by atoms with Gasteiger partial charge in [0.2, 0.25) is 0 Å². The van der Waals surface area contributed by atoms with E-state index < -0.39 is 35.5 Å². The van der Waals surface area contributed by atoms with Crippen LogP contribution < -0.4 is 0 Å². The van der Waals surface area contributed by atoms with Gasteiger partial charge in [0.05, 0.1) is 11.1 Å². The number of aromatic nitrogens is 7. The number of hydrogen-bond acceptors (Lipinski definition) is 6. The topological polar surface area (TPSA) is 82.3 Å². The van der Waals surface area contributed by atoms with E-state index in [1.54, 1.807) is 82.5 Å². The Morgan fingerprint density at radius 1 is 0.667 bits per heavy atom. The van der Waals surface area contributed by atoms with Gasteiger partial charge in [-0.3, -0.25) is 0 Å². The zero-order valence-corrected chi connectivity index (χ0v) is 27.4. The predicted octanol–water partition coefficient (Wildman–Crippen LogP) is 9.41. The maximum atomic E-state index is 14.5. The molecule has 0 aliphatic heterocycles. The van der Waals surface area contributed by atoms with Crippen LogP contribution in [-0.4, -0.2) is 46.8 Å². The van der Waals surface area contributed by atoms with Gasteiger partial charge in [-0.05, 0) is 90.9 Å². The third kappa shape index (κ3) is 6.85. The molecule has 0 radical (unpaired) electrons. The van der Waals surface area contributed by atoms with Crippen LogP contribution in [0.5, 0.6) is 0 Å². The summed E-state index contributed by atoms with van der Waals surface area (Å²) in [4.78, 5) is 26.4. The number of aryl methyl sites for hydroxylation is 4. The average Bonchev–Trinajstić information content (AvgIpc) is 3.31. The van der Waals surface area contributed by atoms with Crippen molar-refractivity contribution < 1.29 is 26.3 Å². The molecule has 13 heteroatoms. The van der Waals surface area contributed by atoms with E-state index in [-0.39, 0.29) is 6.08 Å². The van der Waals surface area contributed by atoms with Crippen LogP contribution in [0.3, 0.4) is 0 Å². The van der Waals surface area contributed by atoms with E-state index in [4.69, 9.17) is 0 Å². The average molecular weight is 666 g/mol. The maximum absolute atomic E-state index is 14.5. The van der Waals surface area contributed by atoms with Crippen molar-refractivity contribution >= 4 is 21.8 Å². The van der Waals surface area contributed by atoms with Crippen molar-refractivity contribution in [3.05, 3.63) is 95.1 Å². The summed E-state index contributed by atoms with van der Waals surface area (Å²) >= 11 is 0. The van der Waals surface area contributed by atoms with Crippen LogP contribution in [0.1, 0.15) is 50.5 Å². The molecule has 0 saturated carbocycles. The predicted molar refractivity (Wildman–Crippen MR) is 173 cm³/mol. The fourth-order valence-electron chi connectivity index (χ4n) is 6.05. The van der Waals surface area contributed by atoms with E-state index in [0.29, 0.717) is 74.0 Å². The largest absolute Gasteiger partial charge is 0.416 e. The fraction of sp³-hybridized carbons (Fsp3) is 0.314. The number of rotatable bonds is 7. The Balaban J connectivity index is 1.83. The molecule has 0 aliphatic rings. The molecule has 250 valence electrons. The molecular weight excluding hydrogens is 632 g/mol. The molecule has 0 spiro atoms. The summed E-state index contributed by atoms with van der Waals surface area (Å²) in [6.07, 6.45) is -6.77. The van der Waals surface area contributed by atoms with E-state index in [9.17, 15) is 26.3 Å². The Hall–Kier alpha value is -4.94. The first-order chi connectivity index (χ1) is 22.4. The quantitative estimate of drug-likeness (QED) is 0.0979. The van der Waals surface area contributed by atoms with Crippen LogP contribution in [0, 0.1) is 27.7 Å². The van der Waals surface area contributed by atoms with Crippen molar-refractivity contribution in [2.45, 2.75) is 72.8 Å². The second-order valence-corrected chi connectivity index (χ2v) is 11.7. The Bertz CT molecular complexity index is 1970. The van der Waals surface area contributed by atoms with Gasteiger partial charge in [0.15, 0.2) is 11.6 Å². The van der Waals surface area contributed by atoms with Gasteiger partial charge in [-0.15, -0.1) is 0 Å². The van der Waals surface area contributed by atoms with Gasteiger partial charge < -0.3 is 4.57 Å². The van der Waals surface area contributed by atoms with Crippen molar-refractivity contribution in [1.29, 1.82) is 0 Å². The first-order valence-electron chi connectivity index (χ1n) is 15.1. The first-order valence-corrected chi connectivity index (χ1v) is 15.1. The lowest BCUT2D eigenvalue weighted by atomic mass is 9.89. The summed E-state index contributed by atoms with van der Waals surface area (Å²) in [5.41, 5.74) is -1.74. The number of nitrogens with zero attached hydrogens (tertiary/aromatic N) is 7. The number of allylic oxidation sites excluding steroid dienone is 6. The van der Waals surface area contributed by atoms with Gasteiger partial charge in [0, 0.05) is 44.9 Å². The number of alkyl halides is 6. The van der Waals surface area contributed by atoms with Crippen molar-refractivity contribution in [2.75, 3.05) is 0 Å². The van der Waals surface area contributed by atoms with E-state index in [1.165, 1.54) is 0 Å². The molecule has 5 rings (SSSR count). The summed E-state index contributed by atoms with van der Waals surface area (Å²) < 4.78 is 86.3. The highest BCUT2D eigenvalue weighted by Crippen LogP contribution is 2.44. The third-order valence-corrected chi connectivity index (χ3v) is 7.92. The zero-order chi connectivity index (χ0) is 35.2. The Morgan fingerprint density at radius 2 is 1.10 bits per heavy atom. The molecule has 1 unspecified atom stereocenters. The van der Waals surface area contributed by atoms with Crippen LogP contribution in [0.15, 0.2) is 71.8 Å². The van der Waals surface area contributed by atoms with Crippen molar-refractivity contribution in [3.8, 4) is 22.8 Å². The summed E-state index contributed by atoms with van der Waals surface area (Å²) in [5, 5.41) is 1.33. The molecule has 1 atom stereocenters. The molecule has 0 bridgehead atoms. The van der Waals surface area contributed by atoms with Crippen molar-refractivity contribution in [3.63, 3.8) is 0 Å². The molecule has 2 aromatic carbocycles. The molecule has 5 aromatic rings. The van der Waals surface area contributed by atoms with Gasteiger partial charge in [-0.25, -0.2) is 29.9 Å². The van der Waals surface area contributed by atoms with Crippen molar-refractivity contribution in [1.82, 2.24) is 34.5 Å². The molecule has 3 heterocycles. The normalized spacial score (nSPS) is 14.8. The molecule has 0 amide bonds. The Labute approximate surface area is 273 Å². The van der Waals surface area contributed by atoms with Gasteiger partial charge in [0.1, 0.15) is 23.3 Å². The van der Waals surface area contributed by atoms with Gasteiger partial charge in [0.25, 0.3) is 0 Å². The minimum atomic E-state index is -5.04. The fourth-order valence-corrected chi connectivity index (χ4v) is 6.05. The lowest BCUT2D eigenvalue weighted by molar-refractivity contribution is -0.0989. The Kier molecular flexibility index (Phi) is 9.02. The van der Waals surface area contributed by atoms with Crippen LogP contribution in [0.2, 0.25) is 0 Å². The van der Waals surface area contributed by atoms with Gasteiger partial charge in [-0.1, -0.05) is 18.2 Å². The number of benzene rings is 2. The minimum absolute atomic E-state index is 0.197. The summed E-state index contributed by atoms with van der Waals surface area (Å²) in [6, 6.07) is 10.8. The lowest BCUT2D eigenvalue weighted by Gasteiger charge is -2.32. The third-order valence-electron chi connectivity index (χ3n) is 7.92. The highest BCUT2D eigenvalue weighted by Gasteiger charge is 2.42. The molecule has 3 aromatic heterocycles. The highest BCUT2D eigenvalue weighted by atomic mass is 19.4. The molecule has 7 nitrogen and oxygen atoms in total. The second kappa shape index (κ2) is 12.6. The molecule has 48 heavy (non-hydrogen) atoms. The summed E-state index contributed by atoms with van der Waals surface area (Å²) in [7, 11) is 0. The molecule has 0 fully saturated rings. The molecule has 0 aliphatic carbocycles. The number of hydrogen-bond donors (Lipinski definition) is 0. The monoisotopic (exact) mass is 665 g/mol. The smallest absolute Gasteiger partial charge is 0.331 e. The Morgan fingerprint density at radius 3 is 1.46 bits per heavy atom. The van der Waals surface area contributed by atoms with Crippen LogP contribution in [0.25, 0.3) is 44.6 Å². The van der Waals surface area contributed by atoms with Gasteiger partial charge in [-0.2, -0.15) is 26.3 Å². The lowest BCUT2D eigenvalue weighted by Crippen LogP contribution is -2.31. The standard InChI is InChI=1S/C35H33F6N7/c1-8-14-33(7,18-26(35(39,40)41)17-25(9-2)34(36,37)38)48-29-12-10-23(31-44-19(3)42-20(4)45-31)15-27(29)28-16-24(11-13-30(28)48)32-46-21(5)43-22(6)47-32/h8-17H,18H2,1-7H3/b14-8-,25-9+,26-17+. The highest BCUT2D eigenvalue weighted by molar-refractivity contribution is 6.10. The van der Waals surface area contributed by atoms with Crippen LogP contribution in [0.4, 0.5) is 26.3 Å². The second-order valence-electron chi connectivity index (χ2n) is 11.7. The van der Waals surface area contributed by atoms with Crippen molar-refractivity contribution in [2.24, 2.45) is 0 Å². The molecular formula is C35H33F6N7. The minimum Gasteiger partial charge on any atom is -0.331 e. The van der Waals surface area contributed by atoms with Crippen LogP contribution in [-0.2, 0) is 5.54 Å². The number of halogens is 6. The van der Waals surface area contributed by atoms with E-state index in [0.717, 1.165) is 6.92 Å². The van der Waals surface area contributed by atoms with E-state index >= 15 is 0 Å². The van der Waals surface area contributed by atoms with E-state index in [2.05, 4.69) is 29.9 Å². The zero-order valence-electron chi connectivity index (χ0n) is 27.4. The molecule has 0 N–H and O–H groups in total. The summed E-state index contributed by atoms with van der Waals surface area (Å²) in [5.74, 6) is 2.94. The maximum Gasteiger partial charge on any atom is 0.416 e. The van der Waals surface area contributed by atoms with E-state index in [1.807, 2.05) is 12.1 Å². The molecule has 0 saturated heterocycles. The van der Waals surface area contributed by atoms with Crippen LogP contribution >= 0.6 is 0 Å². The first kappa shape index (κ1) is 34.4. The van der Waals surface area contributed by atoms with Gasteiger partial charge >= 0.3 is 12.4 Å². The number of fused-ring (bicyclic) bond motifs is 3.